The molecule has 10 nitrogen and oxygen atoms in total. The van der Waals surface area contributed by atoms with Crippen molar-refractivity contribution in [2.75, 3.05) is 39.3 Å². The number of aromatic nitrogens is 5. The van der Waals surface area contributed by atoms with Crippen LogP contribution in [0, 0.1) is 23.3 Å². The molecule has 0 saturated carbocycles. The Morgan fingerprint density at radius 2 is 2.12 bits per heavy atom. The van der Waals surface area contributed by atoms with Gasteiger partial charge in [0.25, 0.3) is 0 Å². The summed E-state index contributed by atoms with van der Waals surface area (Å²) in [6, 6.07) is 8.61. The number of benzene rings is 1. The molecule has 1 fully saturated rings. The van der Waals surface area contributed by atoms with E-state index >= 15 is 0 Å². The molecule has 1 saturated heterocycles. The van der Waals surface area contributed by atoms with Gasteiger partial charge >= 0.3 is 5.82 Å². The molecule has 1 aromatic carbocycles. The van der Waals surface area contributed by atoms with Gasteiger partial charge in [0.15, 0.2) is 6.20 Å². The van der Waals surface area contributed by atoms with Crippen molar-refractivity contribution in [3.63, 3.8) is 0 Å². The van der Waals surface area contributed by atoms with Gasteiger partial charge in [-0.15, -0.1) is 0 Å². The van der Waals surface area contributed by atoms with Crippen molar-refractivity contribution in [1.82, 2.24) is 30.0 Å². The number of nitriles is 1. The van der Waals surface area contributed by atoms with E-state index in [2.05, 4.69) is 31.6 Å². The van der Waals surface area contributed by atoms with E-state index in [1.165, 1.54) is 17.1 Å². The number of carbonyl (C=O) groups is 1. The summed E-state index contributed by atoms with van der Waals surface area (Å²) in [6.07, 6.45) is 4.89. The quantitative estimate of drug-likeness (QED) is 0.525. The highest BCUT2D eigenvalue weighted by atomic mass is 19.1. The first-order chi connectivity index (χ1) is 16.6. The second kappa shape index (κ2) is 9.51. The summed E-state index contributed by atoms with van der Waals surface area (Å²) in [7, 11) is 0. The molecule has 2 aromatic heterocycles. The monoisotopic (exact) mass is 461 g/mol. The van der Waals surface area contributed by atoms with Crippen LogP contribution in [0.1, 0.15) is 28.4 Å². The molecule has 0 aliphatic carbocycles. The van der Waals surface area contributed by atoms with Crippen molar-refractivity contribution < 1.29 is 18.9 Å². The lowest BCUT2D eigenvalue weighted by molar-refractivity contribution is -0.291. The summed E-state index contributed by atoms with van der Waals surface area (Å²) in [5.41, 5.74) is 2.47. The smallest absolute Gasteiger partial charge is 0.372 e. The number of piperazine rings is 1. The van der Waals surface area contributed by atoms with Crippen LogP contribution >= 0.6 is 0 Å². The number of hydrogen-bond acceptors (Lipinski definition) is 7. The third-order valence-electron chi connectivity index (χ3n) is 6.25. The van der Waals surface area contributed by atoms with Gasteiger partial charge in [-0.2, -0.15) is 10.2 Å². The molecule has 1 amide bonds. The molecular weight excluding hydrogens is 439 g/mol. The fourth-order valence-electron chi connectivity index (χ4n) is 4.43. The van der Waals surface area contributed by atoms with Gasteiger partial charge in [-0.05, 0) is 39.6 Å². The zero-order chi connectivity index (χ0) is 23.5. The van der Waals surface area contributed by atoms with Crippen LogP contribution < -0.4 is 4.98 Å². The summed E-state index contributed by atoms with van der Waals surface area (Å²) in [6.45, 7) is 3.76. The molecule has 1 unspecified atom stereocenters. The molecule has 0 spiro atoms. The Bertz CT molecular complexity index is 1200. The summed E-state index contributed by atoms with van der Waals surface area (Å²) in [4.78, 5) is 21.1. The highest BCUT2D eigenvalue weighted by molar-refractivity contribution is 5.78. The van der Waals surface area contributed by atoms with Crippen molar-refractivity contribution in [3.05, 3.63) is 64.9 Å². The number of halogens is 1. The largest absolute Gasteiger partial charge is 0.413 e. The predicted octanol–water partition coefficient (Wildman–Crippen LogP) is 0.0739. The van der Waals surface area contributed by atoms with Crippen LogP contribution in [0.2, 0.25) is 0 Å². The average molecular weight is 461 g/mol. The Labute approximate surface area is 195 Å². The maximum Gasteiger partial charge on any atom is 0.413 e. The molecule has 4 heterocycles. The van der Waals surface area contributed by atoms with E-state index < -0.39 is 5.82 Å². The first kappa shape index (κ1) is 21.9. The normalized spacial score (nSPS) is 18.1. The van der Waals surface area contributed by atoms with Crippen LogP contribution in [0.5, 0.6) is 0 Å². The zero-order valence-corrected chi connectivity index (χ0v) is 18.4. The molecule has 0 N–H and O–H groups in total. The molecule has 5 rings (SSSR count). The van der Waals surface area contributed by atoms with Crippen molar-refractivity contribution in [1.29, 1.82) is 5.26 Å². The molecule has 34 heavy (non-hydrogen) atoms. The van der Waals surface area contributed by atoms with Gasteiger partial charge in [0, 0.05) is 38.8 Å². The molecule has 0 bridgehead atoms. The van der Waals surface area contributed by atoms with Gasteiger partial charge in [0.05, 0.1) is 35.5 Å². The van der Waals surface area contributed by atoms with E-state index in [1.807, 2.05) is 11.0 Å². The van der Waals surface area contributed by atoms with E-state index in [9.17, 15) is 14.4 Å². The minimum atomic E-state index is -0.480. The van der Waals surface area contributed by atoms with Gasteiger partial charge in [0.1, 0.15) is 11.9 Å². The molecule has 2 aliphatic rings. The minimum Gasteiger partial charge on any atom is -0.372 e. The molecule has 2 aliphatic heterocycles. The first-order valence-electron chi connectivity index (χ1n) is 11.1. The molecule has 11 heteroatoms. The predicted molar refractivity (Wildman–Crippen MR) is 114 cm³/mol. The zero-order valence-electron chi connectivity index (χ0n) is 18.4. The van der Waals surface area contributed by atoms with E-state index in [-0.39, 0.29) is 24.0 Å². The van der Waals surface area contributed by atoms with Crippen molar-refractivity contribution in [2.45, 2.75) is 18.9 Å². The third-order valence-corrected chi connectivity index (χ3v) is 6.25. The van der Waals surface area contributed by atoms with E-state index in [1.54, 1.807) is 18.2 Å². The Morgan fingerprint density at radius 1 is 1.26 bits per heavy atom. The topological polar surface area (TPSA) is 114 Å². The Kier molecular flexibility index (Phi) is 6.12. The number of fused-ring (bicyclic) bond motifs is 1. The van der Waals surface area contributed by atoms with Crippen molar-refractivity contribution in [2.24, 2.45) is 0 Å². The number of rotatable bonds is 5. The summed E-state index contributed by atoms with van der Waals surface area (Å²) < 4.78 is 21.4. The second-order valence-corrected chi connectivity index (χ2v) is 8.26. The first-order valence-corrected chi connectivity index (χ1v) is 11.1. The maximum absolute atomic E-state index is 14.0. The van der Waals surface area contributed by atoms with Crippen LogP contribution in [0.3, 0.4) is 0 Å². The standard InChI is InChI=1S/C23H22FN8O2/c24-20-3-2-18-17(19(20)12-25)5-10-34-21(18)14-30-6-8-31(9-7-30)23(33)11-16-1-4-22(26-13-16)32-15-27-28-29-32/h1-4,15,21H,5-11,14H2/q+1. The maximum atomic E-state index is 14.0. The molecule has 172 valence electrons. The lowest BCUT2D eigenvalue weighted by atomic mass is 9.92. The van der Waals surface area contributed by atoms with Crippen LogP contribution in [-0.2, 0) is 22.4 Å². The summed E-state index contributed by atoms with van der Waals surface area (Å²) >= 11 is 0. The lowest BCUT2D eigenvalue weighted by Crippen LogP contribution is -2.50. The Morgan fingerprint density at radius 3 is 2.82 bits per heavy atom. The summed E-state index contributed by atoms with van der Waals surface area (Å²) in [5.74, 6) is 0.0822. The van der Waals surface area contributed by atoms with Gasteiger partial charge in [-0.25, -0.2) is 4.39 Å². The molecule has 3 aromatic rings. The second-order valence-electron chi connectivity index (χ2n) is 8.26. The highest BCUT2D eigenvalue weighted by Crippen LogP contribution is 2.31. The molecule has 0 radical (unpaired) electrons. The number of carbonyl (C=O) groups excluding carboxylic acids is 1. The summed E-state index contributed by atoms with van der Waals surface area (Å²) in [5, 5.41) is 20.3. The third kappa shape index (κ3) is 4.44. The minimum absolute atomic E-state index is 0.0290. The van der Waals surface area contributed by atoms with Crippen molar-refractivity contribution in [3.8, 4) is 11.9 Å². The average Bonchev–Trinajstić information content (AvgIpc) is 3.40. The van der Waals surface area contributed by atoms with Crippen LogP contribution in [0.25, 0.3) is 5.82 Å². The van der Waals surface area contributed by atoms with Crippen LogP contribution in [-0.4, -0.2) is 75.2 Å². The van der Waals surface area contributed by atoms with Crippen LogP contribution in [0.4, 0.5) is 4.39 Å². The van der Waals surface area contributed by atoms with Gasteiger partial charge in [-0.1, -0.05) is 11.2 Å². The SMILES string of the molecule is N#Cc1c(F)ccc2c1CCOC2CN1CCN(C(=O)Cc2c#[n+]c(-n3cnnn3)cc2)CC1. The van der Waals surface area contributed by atoms with Crippen molar-refractivity contribution >= 4 is 5.91 Å². The van der Waals surface area contributed by atoms with Crippen LogP contribution in [0.15, 0.2) is 30.6 Å². The Balaban J connectivity index is 1.15. The van der Waals surface area contributed by atoms with E-state index in [0.717, 1.165) is 11.1 Å². The molecule has 1 atom stereocenters. The number of amides is 1. The number of hydrogen-bond donors (Lipinski definition) is 0. The van der Waals surface area contributed by atoms with Gasteiger partial charge < -0.3 is 9.64 Å². The number of nitrogens with zero attached hydrogens (tertiary/aromatic N) is 8. The fraction of sp³-hybridized carbons (Fsp3) is 0.391. The fourth-order valence-corrected chi connectivity index (χ4v) is 4.43. The molecular formula is C23H22FN8O2+. The van der Waals surface area contributed by atoms with Gasteiger partial charge in [0.2, 0.25) is 12.2 Å². The lowest BCUT2D eigenvalue weighted by Gasteiger charge is -2.37. The van der Waals surface area contributed by atoms with E-state index in [4.69, 9.17) is 4.74 Å². The van der Waals surface area contributed by atoms with Gasteiger partial charge in [-0.3, -0.25) is 9.69 Å². The van der Waals surface area contributed by atoms with E-state index in [0.29, 0.717) is 57.1 Å². The number of tetrazole rings is 1. The Hall–Kier alpha value is -3.93. The number of ether oxygens (including phenoxy) is 1. The highest BCUT2D eigenvalue weighted by Gasteiger charge is 2.29.